The van der Waals surface area contributed by atoms with Crippen LogP contribution in [0.15, 0.2) is 23.9 Å². The van der Waals surface area contributed by atoms with Crippen LogP contribution in [-0.4, -0.2) is 68.1 Å². The average molecular weight is 435 g/mol. The first-order valence-electron chi connectivity index (χ1n) is 9.47. The minimum Gasteiger partial charge on any atom is -0.399 e. The summed E-state index contributed by atoms with van der Waals surface area (Å²) in [5.74, 6) is 0. The van der Waals surface area contributed by atoms with Gasteiger partial charge in [-0.1, -0.05) is 25.8 Å². The number of carbonyl (C=O) groups is 1. The molecule has 1 saturated carbocycles. The number of urea groups is 1. The van der Waals surface area contributed by atoms with E-state index in [1.54, 1.807) is 0 Å². The number of nitrogens with two attached hydrogens (primary N) is 2. The quantitative estimate of drug-likeness (QED) is 0.313. The van der Waals surface area contributed by atoms with E-state index in [1.807, 2.05) is 0 Å². The molecule has 2 fully saturated rings. The Balaban J connectivity index is 2.32. The lowest BCUT2D eigenvalue weighted by molar-refractivity contribution is -0.0876. The van der Waals surface area contributed by atoms with E-state index in [0.717, 1.165) is 36.2 Å². The third-order valence-electron chi connectivity index (χ3n) is 5.28. The number of aliphatic hydroxyl groups excluding tert-OH is 2. The maximum absolute atomic E-state index is 12.3. The number of primary amides is 1. The van der Waals surface area contributed by atoms with E-state index in [4.69, 9.17) is 26.0 Å². The summed E-state index contributed by atoms with van der Waals surface area (Å²) in [4.78, 5) is 31.2. The SMILES string of the molecule is C=C/C(N)=C1/CCCCCCC1N(C(N)=O)C1OC(COP(=O)(O)O)C(O)C1O. The molecule has 2 amide bonds. The number of nitrogens with zero attached hydrogens (tertiary/aromatic N) is 1. The molecule has 2 rings (SSSR count). The minimum atomic E-state index is -4.80. The highest BCUT2D eigenvalue weighted by molar-refractivity contribution is 7.46. The fraction of sp³-hybridized carbons (Fsp3) is 0.706. The molecule has 0 bridgehead atoms. The maximum Gasteiger partial charge on any atom is 0.469 e. The van der Waals surface area contributed by atoms with Gasteiger partial charge in [0.05, 0.1) is 12.6 Å². The summed E-state index contributed by atoms with van der Waals surface area (Å²) < 4.78 is 20.9. The first kappa shape index (κ1) is 23.8. The molecule has 12 heteroatoms. The lowest BCUT2D eigenvalue weighted by atomic mass is 9.89. The fourth-order valence-electron chi connectivity index (χ4n) is 3.85. The Morgan fingerprint density at radius 3 is 2.48 bits per heavy atom. The van der Waals surface area contributed by atoms with Gasteiger partial charge in [-0.2, -0.15) is 0 Å². The number of ether oxygens (including phenoxy) is 1. The van der Waals surface area contributed by atoms with E-state index in [0.29, 0.717) is 18.5 Å². The number of hydrogen-bond donors (Lipinski definition) is 6. The lowest BCUT2D eigenvalue weighted by Gasteiger charge is -2.38. The molecule has 0 radical (unpaired) electrons. The van der Waals surface area contributed by atoms with Gasteiger partial charge >= 0.3 is 13.9 Å². The number of aliphatic hydroxyl groups is 2. The first-order valence-corrected chi connectivity index (χ1v) is 11.0. The number of phosphoric acid groups is 1. The van der Waals surface area contributed by atoms with Gasteiger partial charge in [0.2, 0.25) is 0 Å². The molecule has 0 aromatic rings. The maximum atomic E-state index is 12.3. The van der Waals surface area contributed by atoms with Crippen molar-refractivity contribution in [1.82, 2.24) is 4.90 Å². The van der Waals surface area contributed by atoms with Crippen LogP contribution in [0.5, 0.6) is 0 Å². The van der Waals surface area contributed by atoms with Gasteiger partial charge in [-0.15, -0.1) is 0 Å². The second kappa shape index (κ2) is 10.0. The summed E-state index contributed by atoms with van der Waals surface area (Å²) in [5.41, 5.74) is 12.9. The summed E-state index contributed by atoms with van der Waals surface area (Å²) in [6.07, 6.45) is 0.575. The molecule has 1 aliphatic heterocycles. The lowest BCUT2D eigenvalue weighted by Crippen LogP contribution is -2.55. The van der Waals surface area contributed by atoms with Crippen molar-refractivity contribution in [2.75, 3.05) is 6.61 Å². The molecule has 5 atom stereocenters. The number of allylic oxidation sites excluding steroid dienone is 1. The molecule has 166 valence electrons. The van der Waals surface area contributed by atoms with Crippen molar-refractivity contribution in [3.05, 3.63) is 23.9 Å². The van der Waals surface area contributed by atoms with E-state index in [1.165, 1.54) is 6.08 Å². The predicted molar refractivity (Wildman–Crippen MR) is 103 cm³/mol. The standard InChI is InChI=1S/C17H30N3O8P/c1-2-11(18)10-7-5-3-4-6-8-12(10)20(17(19)23)16-15(22)14(21)13(28-16)9-27-29(24,25)26/h2,12-16,21-22H,1,3-9,18H2,(H2,19,23)(H2,24,25,26)/b11-10+. The van der Waals surface area contributed by atoms with Crippen molar-refractivity contribution >= 4 is 13.9 Å². The van der Waals surface area contributed by atoms with Crippen LogP contribution in [0.1, 0.15) is 38.5 Å². The monoisotopic (exact) mass is 435 g/mol. The topological polar surface area (TPSA) is 189 Å². The zero-order chi connectivity index (χ0) is 21.8. The molecule has 0 aromatic carbocycles. The van der Waals surface area contributed by atoms with Gasteiger partial charge in [0.25, 0.3) is 0 Å². The predicted octanol–water partition coefficient (Wildman–Crippen LogP) is 0.0447. The van der Waals surface area contributed by atoms with Crippen molar-refractivity contribution in [1.29, 1.82) is 0 Å². The van der Waals surface area contributed by atoms with Crippen LogP contribution in [0.2, 0.25) is 0 Å². The van der Waals surface area contributed by atoms with Gasteiger partial charge in [0.15, 0.2) is 6.23 Å². The van der Waals surface area contributed by atoms with Crippen molar-refractivity contribution in [3.63, 3.8) is 0 Å². The molecular formula is C17H30N3O8P. The van der Waals surface area contributed by atoms with Crippen LogP contribution >= 0.6 is 7.82 Å². The van der Waals surface area contributed by atoms with Crippen molar-refractivity contribution in [3.8, 4) is 0 Å². The van der Waals surface area contributed by atoms with Crippen LogP contribution in [0, 0.1) is 0 Å². The Labute approximate surface area is 169 Å². The average Bonchev–Trinajstić information content (AvgIpc) is 2.89. The van der Waals surface area contributed by atoms with Crippen LogP contribution < -0.4 is 11.5 Å². The Hall–Kier alpha value is -1.46. The molecule has 0 spiro atoms. The van der Waals surface area contributed by atoms with Gasteiger partial charge in [-0.3, -0.25) is 9.42 Å². The molecule has 8 N–H and O–H groups in total. The van der Waals surface area contributed by atoms with E-state index in [9.17, 15) is 19.6 Å². The fourth-order valence-corrected chi connectivity index (χ4v) is 4.19. The van der Waals surface area contributed by atoms with E-state index in [-0.39, 0.29) is 0 Å². The summed E-state index contributed by atoms with van der Waals surface area (Å²) in [5, 5.41) is 20.7. The highest BCUT2D eigenvalue weighted by Gasteiger charge is 2.49. The molecule has 2 aliphatic rings. The number of hydrogen-bond acceptors (Lipinski definition) is 7. The van der Waals surface area contributed by atoms with Gasteiger partial charge < -0.3 is 36.2 Å². The second-order valence-electron chi connectivity index (χ2n) is 7.23. The molecule has 11 nitrogen and oxygen atoms in total. The Morgan fingerprint density at radius 2 is 1.90 bits per heavy atom. The van der Waals surface area contributed by atoms with E-state index in [2.05, 4.69) is 11.1 Å². The van der Waals surface area contributed by atoms with Gasteiger partial charge in [-0.05, 0) is 30.9 Å². The van der Waals surface area contributed by atoms with E-state index >= 15 is 0 Å². The third-order valence-corrected chi connectivity index (χ3v) is 5.76. The van der Waals surface area contributed by atoms with Crippen molar-refractivity contribution < 1.29 is 38.6 Å². The Kier molecular flexibility index (Phi) is 8.24. The van der Waals surface area contributed by atoms with Crippen molar-refractivity contribution in [2.45, 2.75) is 69.1 Å². The number of carbonyl (C=O) groups excluding carboxylic acids is 1. The normalized spacial score (nSPS) is 32.9. The smallest absolute Gasteiger partial charge is 0.399 e. The molecule has 5 unspecified atom stereocenters. The zero-order valence-corrected chi connectivity index (χ0v) is 17.0. The molecule has 1 aliphatic carbocycles. The molecule has 1 saturated heterocycles. The summed E-state index contributed by atoms with van der Waals surface area (Å²) in [7, 11) is -4.80. The van der Waals surface area contributed by atoms with Crippen molar-refractivity contribution in [2.24, 2.45) is 11.5 Å². The van der Waals surface area contributed by atoms with Crippen LogP contribution in [-0.2, 0) is 13.8 Å². The minimum absolute atomic E-state index is 0.414. The Bertz CT molecular complexity index is 682. The zero-order valence-electron chi connectivity index (χ0n) is 16.1. The molecular weight excluding hydrogens is 405 g/mol. The van der Waals surface area contributed by atoms with Crippen LogP contribution in [0.3, 0.4) is 0 Å². The summed E-state index contributed by atoms with van der Waals surface area (Å²) in [6, 6.07) is -1.45. The largest absolute Gasteiger partial charge is 0.469 e. The number of phosphoric ester groups is 1. The molecule has 29 heavy (non-hydrogen) atoms. The Morgan fingerprint density at radius 1 is 1.24 bits per heavy atom. The number of amides is 2. The van der Waals surface area contributed by atoms with E-state index < -0.39 is 51.0 Å². The van der Waals surface area contributed by atoms with Crippen LogP contribution in [0.4, 0.5) is 4.79 Å². The van der Waals surface area contributed by atoms with Gasteiger partial charge in [-0.25, -0.2) is 9.36 Å². The van der Waals surface area contributed by atoms with Crippen LogP contribution in [0.25, 0.3) is 0 Å². The van der Waals surface area contributed by atoms with Gasteiger partial charge in [0.1, 0.15) is 18.3 Å². The molecule has 1 heterocycles. The first-order chi connectivity index (χ1) is 13.6. The second-order valence-corrected chi connectivity index (χ2v) is 8.47. The number of rotatable bonds is 6. The van der Waals surface area contributed by atoms with Gasteiger partial charge in [0, 0.05) is 5.70 Å². The summed E-state index contributed by atoms with van der Waals surface area (Å²) >= 11 is 0. The summed E-state index contributed by atoms with van der Waals surface area (Å²) in [6.45, 7) is 3.01. The third kappa shape index (κ3) is 6.02. The highest BCUT2D eigenvalue weighted by Crippen LogP contribution is 2.38. The molecule has 0 aromatic heterocycles. The highest BCUT2D eigenvalue weighted by atomic mass is 31.2.